The molecule has 0 aromatic carbocycles. The van der Waals surface area contributed by atoms with Crippen molar-refractivity contribution in [3.05, 3.63) is 17.2 Å². The predicted molar refractivity (Wildman–Crippen MR) is 65.2 cm³/mol. The molecule has 1 N–H and O–H groups in total. The average molecular weight is 247 g/mol. The standard InChI is InChI=1S/C13H17N3O2/c1-13(2,7-11(17)18)12-15-9(8-14)10-5-3-4-6-16(10)12/h3-7H2,1-2H3,(H,17,18). The summed E-state index contributed by atoms with van der Waals surface area (Å²) < 4.78 is 2.05. The van der Waals surface area contributed by atoms with E-state index >= 15 is 0 Å². The Balaban J connectivity index is 2.48. The van der Waals surface area contributed by atoms with Crippen molar-refractivity contribution in [2.24, 2.45) is 0 Å². The fourth-order valence-corrected chi connectivity index (χ4v) is 2.61. The van der Waals surface area contributed by atoms with Crippen molar-refractivity contribution in [1.82, 2.24) is 9.55 Å². The number of aliphatic carboxylic acids is 1. The van der Waals surface area contributed by atoms with Gasteiger partial charge in [-0.15, -0.1) is 0 Å². The SMILES string of the molecule is CC(C)(CC(=O)O)c1nc(C#N)c2n1CCCC2. The molecule has 0 amide bonds. The van der Waals surface area contributed by atoms with E-state index in [-0.39, 0.29) is 6.42 Å². The monoisotopic (exact) mass is 247 g/mol. The molecule has 5 heteroatoms. The quantitative estimate of drug-likeness (QED) is 0.884. The number of nitriles is 1. The van der Waals surface area contributed by atoms with Crippen LogP contribution in [0.3, 0.4) is 0 Å². The van der Waals surface area contributed by atoms with Gasteiger partial charge in [0.1, 0.15) is 11.9 Å². The van der Waals surface area contributed by atoms with Crippen LogP contribution in [0.2, 0.25) is 0 Å². The Morgan fingerprint density at radius 3 is 2.89 bits per heavy atom. The highest BCUT2D eigenvalue weighted by Gasteiger charge is 2.32. The lowest BCUT2D eigenvalue weighted by Gasteiger charge is -2.25. The van der Waals surface area contributed by atoms with Crippen LogP contribution in [0.4, 0.5) is 0 Å². The van der Waals surface area contributed by atoms with Crippen molar-refractivity contribution in [1.29, 1.82) is 5.26 Å². The second-order valence-electron chi connectivity index (χ2n) is 5.41. The molecule has 2 rings (SSSR count). The second kappa shape index (κ2) is 4.45. The summed E-state index contributed by atoms with van der Waals surface area (Å²) in [6, 6.07) is 2.12. The van der Waals surface area contributed by atoms with Gasteiger partial charge in [0.15, 0.2) is 5.69 Å². The van der Waals surface area contributed by atoms with Crippen molar-refractivity contribution in [3.8, 4) is 6.07 Å². The van der Waals surface area contributed by atoms with Crippen LogP contribution in [0.25, 0.3) is 0 Å². The van der Waals surface area contributed by atoms with Gasteiger partial charge in [0.05, 0.1) is 12.1 Å². The first-order valence-electron chi connectivity index (χ1n) is 6.17. The number of rotatable bonds is 3. The number of carbonyl (C=O) groups is 1. The molecule has 1 aromatic heterocycles. The Bertz CT molecular complexity index is 523. The minimum absolute atomic E-state index is 0.0221. The molecule has 18 heavy (non-hydrogen) atoms. The summed E-state index contributed by atoms with van der Waals surface area (Å²) in [6.07, 6.45) is 3.01. The highest BCUT2D eigenvalue weighted by atomic mass is 16.4. The summed E-state index contributed by atoms with van der Waals surface area (Å²) in [6.45, 7) is 4.57. The highest BCUT2D eigenvalue weighted by Crippen LogP contribution is 2.31. The van der Waals surface area contributed by atoms with Gasteiger partial charge in [-0.1, -0.05) is 13.8 Å². The number of hydrogen-bond donors (Lipinski definition) is 1. The second-order valence-corrected chi connectivity index (χ2v) is 5.41. The average Bonchev–Trinajstić information content (AvgIpc) is 2.66. The lowest BCUT2D eigenvalue weighted by atomic mass is 9.88. The van der Waals surface area contributed by atoms with Crippen molar-refractivity contribution >= 4 is 5.97 Å². The number of carboxylic acids is 1. The van der Waals surface area contributed by atoms with E-state index in [4.69, 9.17) is 10.4 Å². The zero-order chi connectivity index (χ0) is 13.3. The Morgan fingerprint density at radius 1 is 1.56 bits per heavy atom. The lowest BCUT2D eigenvalue weighted by Crippen LogP contribution is -2.27. The van der Waals surface area contributed by atoms with E-state index in [2.05, 4.69) is 11.1 Å². The van der Waals surface area contributed by atoms with Gasteiger partial charge in [-0.3, -0.25) is 4.79 Å². The lowest BCUT2D eigenvalue weighted by molar-refractivity contribution is -0.138. The van der Waals surface area contributed by atoms with Crippen LogP contribution in [0, 0.1) is 11.3 Å². The van der Waals surface area contributed by atoms with Crippen LogP contribution in [0.15, 0.2) is 0 Å². The number of aromatic nitrogens is 2. The van der Waals surface area contributed by atoms with Gasteiger partial charge in [0.25, 0.3) is 0 Å². The minimum atomic E-state index is -0.841. The molecule has 96 valence electrons. The summed E-state index contributed by atoms with van der Waals surface area (Å²) >= 11 is 0. The van der Waals surface area contributed by atoms with E-state index in [0.717, 1.165) is 37.3 Å². The Labute approximate surface area is 106 Å². The van der Waals surface area contributed by atoms with E-state index in [9.17, 15) is 4.79 Å². The first-order chi connectivity index (χ1) is 8.45. The summed E-state index contributed by atoms with van der Waals surface area (Å²) in [4.78, 5) is 15.3. The van der Waals surface area contributed by atoms with E-state index in [1.54, 1.807) is 0 Å². The molecule has 0 radical (unpaired) electrons. The van der Waals surface area contributed by atoms with Crippen molar-refractivity contribution < 1.29 is 9.90 Å². The van der Waals surface area contributed by atoms with Crippen LogP contribution >= 0.6 is 0 Å². The fraction of sp³-hybridized carbons (Fsp3) is 0.615. The molecular formula is C13H17N3O2. The Hall–Kier alpha value is -1.83. The first-order valence-corrected chi connectivity index (χ1v) is 6.17. The van der Waals surface area contributed by atoms with Crippen molar-refractivity contribution in [2.75, 3.05) is 0 Å². The summed E-state index contributed by atoms with van der Waals surface area (Å²) in [7, 11) is 0. The molecule has 0 atom stereocenters. The normalized spacial score (nSPS) is 14.9. The zero-order valence-corrected chi connectivity index (χ0v) is 10.7. The van der Waals surface area contributed by atoms with Crippen LogP contribution in [-0.2, 0) is 23.2 Å². The molecule has 0 spiro atoms. The van der Waals surface area contributed by atoms with E-state index < -0.39 is 11.4 Å². The topological polar surface area (TPSA) is 78.9 Å². The zero-order valence-electron chi connectivity index (χ0n) is 10.7. The molecule has 0 bridgehead atoms. The van der Waals surface area contributed by atoms with Gasteiger partial charge in [0, 0.05) is 12.0 Å². The van der Waals surface area contributed by atoms with E-state index in [0.29, 0.717) is 5.69 Å². The van der Waals surface area contributed by atoms with E-state index in [1.807, 2.05) is 18.4 Å². The molecule has 2 heterocycles. The van der Waals surface area contributed by atoms with Crippen molar-refractivity contribution in [3.63, 3.8) is 0 Å². The first kappa shape index (κ1) is 12.6. The van der Waals surface area contributed by atoms with Gasteiger partial charge in [-0.05, 0) is 19.3 Å². The number of nitrogens with zero attached hydrogens (tertiary/aromatic N) is 3. The molecule has 1 aromatic rings. The molecule has 5 nitrogen and oxygen atoms in total. The van der Waals surface area contributed by atoms with Crippen LogP contribution in [0.5, 0.6) is 0 Å². The fourth-order valence-electron chi connectivity index (χ4n) is 2.61. The Morgan fingerprint density at radius 2 is 2.28 bits per heavy atom. The largest absolute Gasteiger partial charge is 0.481 e. The third-order valence-electron chi connectivity index (χ3n) is 3.42. The van der Waals surface area contributed by atoms with Crippen LogP contribution in [-0.4, -0.2) is 20.6 Å². The maximum atomic E-state index is 10.9. The van der Waals surface area contributed by atoms with Crippen molar-refractivity contribution in [2.45, 2.75) is 51.5 Å². The van der Waals surface area contributed by atoms with E-state index in [1.165, 1.54) is 0 Å². The molecule has 0 aliphatic carbocycles. The summed E-state index contributed by atoms with van der Waals surface area (Å²) in [5, 5.41) is 18.1. The molecule has 1 aliphatic rings. The van der Waals surface area contributed by atoms with Gasteiger partial charge in [0.2, 0.25) is 0 Å². The number of imidazole rings is 1. The number of fused-ring (bicyclic) bond motifs is 1. The highest BCUT2D eigenvalue weighted by molar-refractivity contribution is 5.68. The number of carboxylic acid groups (broad SMARTS) is 1. The maximum Gasteiger partial charge on any atom is 0.304 e. The molecule has 0 saturated carbocycles. The maximum absolute atomic E-state index is 10.9. The Kier molecular flexibility index (Phi) is 3.12. The molecule has 1 aliphatic heterocycles. The van der Waals surface area contributed by atoms with Gasteiger partial charge in [-0.2, -0.15) is 5.26 Å². The molecule has 0 unspecified atom stereocenters. The van der Waals surface area contributed by atoms with Gasteiger partial charge >= 0.3 is 5.97 Å². The predicted octanol–water partition coefficient (Wildman–Crippen LogP) is 1.84. The minimum Gasteiger partial charge on any atom is -0.481 e. The number of hydrogen-bond acceptors (Lipinski definition) is 3. The molecule has 0 fully saturated rings. The molecule has 0 saturated heterocycles. The third-order valence-corrected chi connectivity index (χ3v) is 3.42. The molecular weight excluding hydrogens is 230 g/mol. The van der Waals surface area contributed by atoms with Crippen LogP contribution < -0.4 is 0 Å². The van der Waals surface area contributed by atoms with Gasteiger partial charge < -0.3 is 9.67 Å². The van der Waals surface area contributed by atoms with Crippen LogP contribution in [0.1, 0.15) is 50.3 Å². The smallest absolute Gasteiger partial charge is 0.304 e. The third kappa shape index (κ3) is 2.10. The summed E-state index contributed by atoms with van der Waals surface area (Å²) in [5.74, 6) is -0.109. The van der Waals surface area contributed by atoms with Gasteiger partial charge in [-0.25, -0.2) is 4.98 Å². The summed E-state index contributed by atoms with van der Waals surface area (Å²) in [5.41, 5.74) is 0.882.